The highest BCUT2D eigenvalue weighted by atomic mass is 14.7. The fourth-order valence-corrected chi connectivity index (χ4v) is 1.31. The Hall–Kier alpha value is -1.48. The van der Waals surface area contributed by atoms with Gasteiger partial charge >= 0.3 is 0 Å². The van der Waals surface area contributed by atoms with Crippen molar-refractivity contribution >= 4 is 10.8 Å². The van der Waals surface area contributed by atoms with Crippen LogP contribution in [0.5, 0.6) is 0 Å². The molecule has 0 aliphatic carbocycles. The number of hydrogen-bond acceptors (Lipinski definition) is 3. The summed E-state index contributed by atoms with van der Waals surface area (Å²) in [6.07, 6.45) is 6.30. The van der Waals surface area contributed by atoms with Gasteiger partial charge in [-0.25, -0.2) is 0 Å². The predicted octanol–water partition coefficient (Wildman–Crippen LogP) is 1.13. The van der Waals surface area contributed by atoms with Crippen LogP contribution in [-0.2, 0) is 6.42 Å². The molecule has 3 nitrogen and oxygen atoms in total. The fraction of sp³-hybridized carbons (Fsp3) is 0.200. The third-order valence-corrected chi connectivity index (χ3v) is 1.98. The van der Waals surface area contributed by atoms with Gasteiger partial charge in [0.1, 0.15) is 0 Å². The van der Waals surface area contributed by atoms with Gasteiger partial charge in [-0.15, -0.1) is 0 Å². The molecule has 0 aromatic carbocycles. The topological polar surface area (TPSA) is 51.8 Å². The predicted molar refractivity (Wildman–Crippen MR) is 52.3 cm³/mol. The van der Waals surface area contributed by atoms with E-state index in [-0.39, 0.29) is 0 Å². The van der Waals surface area contributed by atoms with Gasteiger partial charge < -0.3 is 5.73 Å². The van der Waals surface area contributed by atoms with Gasteiger partial charge in [-0.05, 0) is 18.7 Å². The van der Waals surface area contributed by atoms with Crippen molar-refractivity contribution < 1.29 is 0 Å². The molecule has 0 aliphatic rings. The summed E-state index contributed by atoms with van der Waals surface area (Å²) in [7, 11) is 0. The van der Waals surface area contributed by atoms with Gasteiger partial charge in [-0.1, -0.05) is 0 Å². The Morgan fingerprint density at radius 2 is 2.15 bits per heavy atom. The molecule has 13 heavy (non-hydrogen) atoms. The average molecular weight is 173 g/mol. The van der Waals surface area contributed by atoms with E-state index < -0.39 is 0 Å². The van der Waals surface area contributed by atoms with Crippen LogP contribution in [0.15, 0.2) is 30.7 Å². The lowest BCUT2D eigenvalue weighted by Crippen LogP contribution is -2.03. The highest BCUT2D eigenvalue weighted by Gasteiger charge is 1.96. The molecule has 0 unspecified atom stereocenters. The van der Waals surface area contributed by atoms with Crippen molar-refractivity contribution in [1.29, 1.82) is 0 Å². The number of aromatic nitrogens is 2. The van der Waals surface area contributed by atoms with E-state index in [0.29, 0.717) is 6.54 Å². The second-order valence-electron chi connectivity index (χ2n) is 2.94. The average Bonchev–Trinajstić information content (AvgIpc) is 2.18. The zero-order valence-electron chi connectivity index (χ0n) is 7.27. The lowest BCUT2D eigenvalue weighted by Gasteiger charge is -1.99. The monoisotopic (exact) mass is 173 g/mol. The first-order valence-electron chi connectivity index (χ1n) is 4.29. The Kier molecular flexibility index (Phi) is 2.19. The summed E-state index contributed by atoms with van der Waals surface area (Å²) < 4.78 is 0. The van der Waals surface area contributed by atoms with Gasteiger partial charge in [-0.3, -0.25) is 9.97 Å². The smallest absolute Gasteiger partial charge is 0.0423 e. The van der Waals surface area contributed by atoms with Crippen molar-refractivity contribution in [1.82, 2.24) is 9.97 Å². The highest BCUT2D eigenvalue weighted by molar-refractivity contribution is 5.80. The summed E-state index contributed by atoms with van der Waals surface area (Å²) in [5.74, 6) is 0. The van der Waals surface area contributed by atoms with Crippen LogP contribution in [0.3, 0.4) is 0 Å². The minimum atomic E-state index is 0.638. The molecule has 2 aromatic heterocycles. The molecule has 0 radical (unpaired) electrons. The Bertz CT molecular complexity index is 412. The minimum Gasteiger partial charge on any atom is -0.330 e. The van der Waals surface area contributed by atoms with Gasteiger partial charge in [-0.2, -0.15) is 0 Å². The zero-order chi connectivity index (χ0) is 9.10. The first-order chi connectivity index (χ1) is 6.40. The quantitative estimate of drug-likeness (QED) is 0.740. The molecular weight excluding hydrogens is 162 g/mol. The molecule has 0 saturated heterocycles. The van der Waals surface area contributed by atoms with Gasteiger partial charge in [0.15, 0.2) is 0 Å². The van der Waals surface area contributed by atoms with Crippen LogP contribution in [0.25, 0.3) is 10.8 Å². The summed E-state index contributed by atoms with van der Waals surface area (Å²) in [5, 5.41) is 2.25. The van der Waals surface area contributed by atoms with E-state index in [1.165, 1.54) is 0 Å². The molecule has 0 amide bonds. The van der Waals surface area contributed by atoms with Crippen LogP contribution in [-0.4, -0.2) is 16.5 Å². The molecular formula is C10H11N3. The molecule has 0 spiro atoms. The molecule has 2 heterocycles. The van der Waals surface area contributed by atoms with E-state index in [9.17, 15) is 0 Å². The van der Waals surface area contributed by atoms with Crippen LogP contribution >= 0.6 is 0 Å². The van der Waals surface area contributed by atoms with Crippen LogP contribution < -0.4 is 5.73 Å². The number of hydrogen-bond donors (Lipinski definition) is 1. The van der Waals surface area contributed by atoms with E-state index in [1.54, 1.807) is 6.20 Å². The maximum Gasteiger partial charge on any atom is 0.0423 e. The first-order valence-corrected chi connectivity index (χ1v) is 4.29. The zero-order valence-corrected chi connectivity index (χ0v) is 7.27. The maximum atomic E-state index is 5.45. The third kappa shape index (κ3) is 1.65. The first kappa shape index (κ1) is 8.13. The summed E-state index contributed by atoms with van der Waals surface area (Å²) in [4.78, 5) is 8.34. The van der Waals surface area contributed by atoms with Crippen molar-refractivity contribution in [2.45, 2.75) is 6.42 Å². The number of fused-ring (bicyclic) bond motifs is 1. The number of rotatable bonds is 2. The molecule has 3 heteroatoms. The molecule has 2 aromatic rings. The van der Waals surface area contributed by atoms with E-state index in [0.717, 1.165) is 22.9 Å². The Morgan fingerprint density at radius 1 is 1.23 bits per heavy atom. The van der Waals surface area contributed by atoms with Gasteiger partial charge in [0.05, 0.1) is 0 Å². The van der Waals surface area contributed by atoms with Crippen LogP contribution in [0.4, 0.5) is 0 Å². The van der Waals surface area contributed by atoms with Gasteiger partial charge in [0.2, 0.25) is 0 Å². The SMILES string of the molecule is NCCc1cc2cnccc2cn1. The van der Waals surface area contributed by atoms with Crippen molar-refractivity contribution in [3.63, 3.8) is 0 Å². The molecule has 0 saturated carbocycles. The van der Waals surface area contributed by atoms with Crippen molar-refractivity contribution in [2.75, 3.05) is 6.54 Å². The summed E-state index contributed by atoms with van der Waals surface area (Å²) >= 11 is 0. The van der Waals surface area contributed by atoms with Crippen LogP contribution in [0.1, 0.15) is 5.69 Å². The normalized spacial score (nSPS) is 10.5. The second kappa shape index (κ2) is 3.49. The standard InChI is InChI=1S/C10H11N3/c11-3-1-10-5-9-6-12-4-2-8(9)7-13-10/h2,4-7H,1,3,11H2. The number of pyridine rings is 2. The molecule has 0 bridgehead atoms. The van der Waals surface area contributed by atoms with Crippen molar-refractivity contribution in [3.8, 4) is 0 Å². The lowest BCUT2D eigenvalue weighted by atomic mass is 10.2. The molecule has 0 fully saturated rings. The Morgan fingerprint density at radius 3 is 3.00 bits per heavy atom. The van der Waals surface area contributed by atoms with Crippen LogP contribution in [0, 0.1) is 0 Å². The van der Waals surface area contributed by atoms with E-state index in [2.05, 4.69) is 9.97 Å². The fourth-order valence-electron chi connectivity index (χ4n) is 1.31. The van der Waals surface area contributed by atoms with E-state index in [4.69, 9.17) is 5.73 Å². The molecule has 2 rings (SSSR count). The molecule has 0 atom stereocenters. The summed E-state index contributed by atoms with van der Waals surface area (Å²) in [5.41, 5.74) is 6.48. The molecule has 2 N–H and O–H groups in total. The maximum absolute atomic E-state index is 5.45. The van der Waals surface area contributed by atoms with Gasteiger partial charge in [0, 0.05) is 41.5 Å². The van der Waals surface area contributed by atoms with Crippen molar-refractivity contribution in [2.24, 2.45) is 5.73 Å². The number of nitrogens with two attached hydrogens (primary N) is 1. The lowest BCUT2D eigenvalue weighted by molar-refractivity contribution is 0.927. The highest BCUT2D eigenvalue weighted by Crippen LogP contribution is 2.11. The van der Waals surface area contributed by atoms with Gasteiger partial charge in [0.25, 0.3) is 0 Å². The molecule has 0 aliphatic heterocycles. The van der Waals surface area contributed by atoms with Crippen LogP contribution in [0.2, 0.25) is 0 Å². The van der Waals surface area contributed by atoms with E-state index >= 15 is 0 Å². The number of nitrogens with zero attached hydrogens (tertiary/aromatic N) is 2. The summed E-state index contributed by atoms with van der Waals surface area (Å²) in [6, 6.07) is 3.99. The molecule has 66 valence electrons. The third-order valence-electron chi connectivity index (χ3n) is 1.98. The van der Waals surface area contributed by atoms with E-state index in [1.807, 2.05) is 24.5 Å². The minimum absolute atomic E-state index is 0.638. The second-order valence-corrected chi connectivity index (χ2v) is 2.94. The largest absolute Gasteiger partial charge is 0.330 e. The summed E-state index contributed by atoms with van der Waals surface area (Å²) in [6.45, 7) is 0.638. The Balaban J connectivity index is 2.49. The Labute approximate surface area is 76.6 Å². The van der Waals surface area contributed by atoms with Crippen molar-refractivity contribution in [3.05, 3.63) is 36.4 Å².